The van der Waals surface area contributed by atoms with E-state index in [4.69, 9.17) is 15.2 Å². The Morgan fingerprint density at radius 1 is 1.36 bits per heavy atom. The number of fused-ring (bicyclic) bond motifs is 1. The van der Waals surface area contributed by atoms with E-state index in [2.05, 4.69) is 5.32 Å². The number of ether oxygens (including phenoxy) is 2. The number of rotatable bonds is 5. The molecule has 3 unspecified atom stereocenters. The maximum atomic E-state index is 12.8. The average Bonchev–Trinajstić information content (AvgIpc) is 2.61. The lowest BCUT2D eigenvalue weighted by Crippen LogP contribution is -2.82. The first-order valence-electron chi connectivity index (χ1n) is 8.73. The molecule has 2 aliphatic rings. The molecule has 1 aromatic carbocycles. The van der Waals surface area contributed by atoms with Crippen LogP contribution >= 0.6 is 12.4 Å². The van der Waals surface area contributed by atoms with E-state index in [-0.39, 0.29) is 35.8 Å². The van der Waals surface area contributed by atoms with E-state index in [9.17, 15) is 4.79 Å². The average molecular weight is 369 g/mol. The Labute approximate surface area is 156 Å². The van der Waals surface area contributed by atoms with Gasteiger partial charge in [-0.25, -0.2) is 0 Å². The van der Waals surface area contributed by atoms with E-state index in [1.807, 2.05) is 38.1 Å². The zero-order valence-corrected chi connectivity index (χ0v) is 16.0. The second kappa shape index (κ2) is 7.52. The van der Waals surface area contributed by atoms with Gasteiger partial charge in [-0.1, -0.05) is 26.0 Å². The summed E-state index contributed by atoms with van der Waals surface area (Å²) in [4.78, 5) is 12.8. The zero-order chi connectivity index (χ0) is 17.4. The Morgan fingerprint density at radius 2 is 2.04 bits per heavy atom. The molecule has 3 atom stereocenters. The molecule has 0 radical (unpaired) electrons. The minimum absolute atomic E-state index is 0. The van der Waals surface area contributed by atoms with Crippen molar-refractivity contribution in [3.05, 3.63) is 29.8 Å². The highest BCUT2D eigenvalue weighted by atomic mass is 35.5. The highest BCUT2D eigenvalue weighted by molar-refractivity contribution is 5.89. The van der Waals surface area contributed by atoms with Crippen molar-refractivity contribution in [2.75, 3.05) is 20.3 Å². The standard InChI is InChI=1S/C19H28N2O3.ClH/c1-18(2)16-15(5-4-12-24-16)19(18,20)17(22)21-11-10-13-6-8-14(23-3)9-7-13;/h6-9,15-16H,4-5,10-12,20H2,1-3H3,(H,21,22);1H. The van der Waals surface area contributed by atoms with Gasteiger partial charge in [-0.2, -0.15) is 0 Å². The van der Waals surface area contributed by atoms with Crippen molar-refractivity contribution in [2.45, 2.75) is 44.8 Å². The number of nitrogens with one attached hydrogen (secondary N) is 1. The van der Waals surface area contributed by atoms with Crippen LogP contribution in [0.15, 0.2) is 24.3 Å². The number of carbonyl (C=O) groups is 1. The minimum Gasteiger partial charge on any atom is -0.497 e. The highest BCUT2D eigenvalue weighted by Gasteiger charge is 2.70. The van der Waals surface area contributed by atoms with Crippen LogP contribution in [0.1, 0.15) is 32.3 Å². The predicted octanol–water partition coefficient (Wildman–Crippen LogP) is 2.31. The van der Waals surface area contributed by atoms with E-state index >= 15 is 0 Å². The summed E-state index contributed by atoms with van der Waals surface area (Å²) in [6.45, 7) is 5.45. The van der Waals surface area contributed by atoms with Gasteiger partial charge in [0, 0.05) is 24.5 Å². The first-order chi connectivity index (χ1) is 11.4. The zero-order valence-electron chi connectivity index (χ0n) is 15.2. The van der Waals surface area contributed by atoms with E-state index in [0.717, 1.165) is 37.2 Å². The van der Waals surface area contributed by atoms with Gasteiger partial charge >= 0.3 is 0 Å². The molecule has 5 nitrogen and oxygen atoms in total. The van der Waals surface area contributed by atoms with Crippen molar-refractivity contribution in [2.24, 2.45) is 17.1 Å². The topological polar surface area (TPSA) is 73.6 Å². The van der Waals surface area contributed by atoms with E-state index < -0.39 is 5.54 Å². The van der Waals surface area contributed by atoms with Gasteiger partial charge in [0.15, 0.2) is 0 Å². The number of hydrogen-bond donors (Lipinski definition) is 2. The summed E-state index contributed by atoms with van der Waals surface area (Å²) in [7, 11) is 1.65. The van der Waals surface area contributed by atoms with Crippen molar-refractivity contribution in [1.82, 2.24) is 5.32 Å². The largest absolute Gasteiger partial charge is 0.497 e. The molecule has 1 aromatic rings. The molecule has 6 heteroatoms. The molecular weight excluding hydrogens is 340 g/mol. The summed E-state index contributed by atoms with van der Waals surface area (Å²) < 4.78 is 11.0. The number of methoxy groups -OCH3 is 1. The summed E-state index contributed by atoms with van der Waals surface area (Å²) in [5.74, 6) is 0.915. The second-order valence-corrected chi connectivity index (χ2v) is 7.48. The van der Waals surface area contributed by atoms with Crippen LogP contribution in [0.2, 0.25) is 0 Å². The molecule has 25 heavy (non-hydrogen) atoms. The van der Waals surface area contributed by atoms with Crippen LogP contribution in [0.3, 0.4) is 0 Å². The fourth-order valence-electron chi connectivity index (χ4n) is 4.30. The molecule has 2 fully saturated rings. The number of nitrogens with two attached hydrogens (primary N) is 1. The Bertz CT molecular complexity index is 605. The van der Waals surface area contributed by atoms with Crippen LogP contribution in [-0.2, 0) is 16.0 Å². The van der Waals surface area contributed by atoms with Gasteiger partial charge in [-0.3, -0.25) is 4.79 Å². The van der Waals surface area contributed by atoms with Crippen LogP contribution in [0.5, 0.6) is 5.75 Å². The quantitative estimate of drug-likeness (QED) is 0.836. The molecule has 0 bridgehead atoms. The van der Waals surface area contributed by atoms with Crippen LogP contribution in [-0.4, -0.2) is 37.8 Å². The SMILES string of the molecule is COc1ccc(CCNC(=O)C2(N)C3CCCOC3C2(C)C)cc1.Cl. The summed E-state index contributed by atoms with van der Waals surface area (Å²) in [6, 6.07) is 7.89. The van der Waals surface area contributed by atoms with E-state index in [1.54, 1.807) is 7.11 Å². The molecule has 0 aromatic heterocycles. The van der Waals surface area contributed by atoms with Crippen LogP contribution < -0.4 is 15.8 Å². The van der Waals surface area contributed by atoms with Gasteiger partial charge in [0.25, 0.3) is 0 Å². The summed E-state index contributed by atoms with van der Waals surface area (Å²) in [6.07, 6.45) is 2.83. The van der Waals surface area contributed by atoms with Gasteiger partial charge in [0.2, 0.25) is 5.91 Å². The number of carbonyl (C=O) groups excluding carboxylic acids is 1. The Morgan fingerprint density at radius 3 is 2.68 bits per heavy atom. The molecule has 0 spiro atoms. The molecule has 1 amide bonds. The fourth-order valence-corrected chi connectivity index (χ4v) is 4.30. The van der Waals surface area contributed by atoms with Gasteiger partial charge in [0.1, 0.15) is 11.3 Å². The molecular formula is C19H29ClN2O3. The van der Waals surface area contributed by atoms with Crippen LogP contribution in [0.25, 0.3) is 0 Å². The van der Waals surface area contributed by atoms with Crippen molar-refractivity contribution in [3.8, 4) is 5.75 Å². The highest BCUT2D eigenvalue weighted by Crippen LogP contribution is 2.57. The lowest BCUT2D eigenvalue weighted by Gasteiger charge is -2.65. The summed E-state index contributed by atoms with van der Waals surface area (Å²) >= 11 is 0. The molecule has 3 N–H and O–H groups in total. The second-order valence-electron chi connectivity index (χ2n) is 7.48. The molecule has 1 aliphatic carbocycles. The lowest BCUT2D eigenvalue weighted by atomic mass is 9.46. The normalized spacial score (nSPS) is 29.6. The minimum atomic E-state index is -0.835. The van der Waals surface area contributed by atoms with Gasteiger partial charge in [-0.05, 0) is 37.0 Å². The maximum absolute atomic E-state index is 12.8. The summed E-state index contributed by atoms with van der Waals surface area (Å²) in [5, 5.41) is 3.04. The molecule has 1 saturated carbocycles. The van der Waals surface area contributed by atoms with Crippen molar-refractivity contribution >= 4 is 18.3 Å². The van der Waals surface area contributed by atoms with Crippen LogP contribution in [0, 0.1) is 11.3 Å². The molecule has 140 valence electrons. The van der Waals surface area contributed by atoms with Crippen molar-refractivity contribution in [3.63, 3.8) is 0 Å². The van der Waals surface area contributed by atoms with E-state index in [1.165, 1.54) is 0 Å². The Balaban J connectivity index is 0.00000225. The predicted molar refractivity (Wildman–Crippen MR) is 100 cm³/mol. The van der Waals surface area contributed by atoms with E-state index in [0.29, 0.717) is 6.54 Å². The number of hydrogen-bond acceptors (Lipinski definition) is 4. The van der Waals surface area contributed by atoms with Gasteiger partial charge in [0.05, 0.1) is 13.2 Å². The number of halogens is 1. The molecule has 1 heterocycles. The fraction of sp³-hybridized carbons (Fsp3) is 0.632. The Kier molecular flexibility index (Phi) is 6.02. The number of amides is 1. The molecule has 1 saturated heterocycles. The first kappa shape index (κ1) is 20.0. The third-order valence-electron chi connectivity index (χ3n) is 5.92. The monoisotopic (exact) mass is 368 g/mol. The third kappa shape index (κ3) is 3.25. The van der Waals surface area contributed by atoms with Crippen LogP contribution in [0.4, 0.5) is 0 Å². The lowest BCUT2D eigenvalue weighted by molar-refractivity contribution is -0.225. The summed E-state index contributed by atoms with van der Waals surface area (Å²) in [5.41, 5.74) is 6.58. The first-order valence-corrected chi connectivity index (χ1v) is 8.73. The smallest absolute Gasteiger partial charge is 0.241 e. The maximum Gasteiger partial charge on any atom is 0.241 e. The molecule has 1 aliphatic heterocycles. The van der Waals surface area contributed by atoms with Crippen molar-refractivity contribution < 1.29 is 14.3 Å². The number of benzene rings is 1. The van der Waals surface area contributed by atoms with Gasteiger partial charge < -0.3 is 20.5 Å². The van der Waals surface area contributed by atoms with Gasteiger partial charge in [-0.15, -0.1) is 12.4 Å². The van der Waals surface area contributed by atoms with Crippen molar-refractivity contribution in [1.29, 1.82) is 0 Å². The molecule has 3 rings (SSSR count). The Hall–Kier alpha value is -1.30. The third-order valence-corrected chi connectivity index (χ3v) is 5.92.